The van der Waals surface area contributed by atoms with Gasteiger partial charge in [-0.25, -0.2) is 0 Å². The van der Waals surface area contributed by atoms with E-state index < -0.39 is 0 Å². The molecule has 0 unspecified atom stereocenters. The van der Waals surface area contributed by atoms with Crippen LogP contribution in [0.2, 0.25) is 0 Å². The van der Waals surface area contributed by atoms with Crippen molar-refractivity contribution in [2.45, 2.75) is 18.9 Å². The topological polar surface area (TPSA) is 79.6 Å². The van der Waals surface area contributed by atoms with Crippen molar-refractivity contribution < 1.29 is 13.9 Å². The number of carbonyl (C=O) groups excluding carboxylic acids is 1. The van der Waals surface area contributed by atoms with E-state index in [9.17, 15) is 4.79 Å². The number of carbonyl (C=O) groups is 1. The SMILES string of the molecule is O=C(Nc1ccc2nc(N3CCOCC3)oc2c1)[C@@H]1CCCN1. The number of ether oxygens (including phenoxy) is 1. The molecule has 0 aliphatic carbocycles. The maximum Gasteiger partial charge on any atom is 0.298 e. The molecule has 7 nitrogen and oxygen atoms in total. The summed E-state index contributed by atoms with van der Waals surface area (Å²) in [5.41, 5.74) is 2.22. The predicted molar refractivity (Wildman–Crippen MR) is 86.7 cm³/mol. The molecule has 0 radical (unpaired) electrons. The van der Waals surface area contributed by atoms with Crippen LogP contribution in [0.4, 0.5) is 11.7 Å². The minimum Gasteiger partial charge on any atom is -0.423 e. The van der Waals surface area contributed by atoms with Gasteiger partial charge >= 0.3 is 0 Å². The number of oxazole rings is 1. The molecule has 1 aromatic heterocycles. The molecule has 0 bridgehead atoms. The summed E-state index contributed by atoms with van der Waals surface area (Å²) in [6.07, 6.45) is 1.93. The van der Waals surface area contributed by atoms with Gasteiger partial charge in [-0.2, -0.15) is 4.98 Å². The zero-order valence-electron chi connectivity index (χ0n) is 12.9. The van der Waals surface area contributed by atoms with Crippen molar-refractivity contribution in [3.05, 3.63) is 18.2 Å². The van der Waals surface area contributed by atoms with Crippen LogP contribution in [0.5, 0.6) is 0 Å². The number of rotatable bonds is 3. The maximum atomic E-state index is 12.2. The van der Waals surface area contributed by atoms with Crippen LogP contribution in [0, 0.1) is 0 Å². The Balaban J connectivity index is 1.51. The second-order valence-corrected chi connectivity index (χ2v) is 5.92. The molecule has 2 N–H and O–H groups in total. The average molecular weight is 316 g/mol. The lowest BCUT2D eigenvalue weighted by atomic mass is 10.2. The van der Waals surface area contributed by atoms with Crippen molar-refractivity contribution in [1.29, 1.82) is 0 Å². The summed E-state index contributed by atoms with van der Waals surface area (Å²) in [5.74, 6) is 0.00904. The molecule has 2 aliphatic rings. The quantitative estimate of drug-likeness (QED) is 0.890. The molecule has 1 aromatic carbocycles. The van der Waals surface area contributed by atoms with E-state index >= 15 is 0 Å². The fourth-order valence-electron chi connectivity index (χ4n) is 3.02. The van der Waals surface area contributed by atoms with E-state index in [1.54, 1.807) is 0 Å². The van der Waals surface area contributed by atoms with Crippen LogP contribution in [0.25, 0.3) is 11.1 Å². The molecule has 2 aliphatic heterocycles. The second-order valence-electron chi connectivity index (χ2n) is 5.92. The summed E-state index contributed by atoms with van der Waals surface area (Å²) in [7, 11) is 0. The van der Waals surface area contributed by atoms with E-state index in [4.69, 9.17) is 9.15 Å². The van der Waals surface area contributed by atoms with E-state index in [0.717, 1.165) is 43.7 Å². The highest BCUT2D eigenvalue weighted by atomic mass is 16.5. The minimum absolute atomic E-state index is 0.00904. The summed E-state index contributed by atoms with van der Waals surface area (Å²) in [6.45, 7) is 3.85. The Kier molecular flexibility index (Phi) is 3.88. The number of aromatic nitrogens is 1. The zero-order chi connectivity index (χ0) is 15.6. The molecule has 1 amide bonds. The standard InChI is InChI=1S/C16H20N4O3/c21-15(13-2-1-5-17-13)18-11-3-4-12-14(10-11)23-16(19-12)20-6-8-22-9-7-20/h3-4,10,13,17H,1-2,5-9H2,(H,18,21)/t13-/m0/s1. The molecular weight excluding hydrogens is 296 g/mol. The van der Waals surface area contributed by atoms with Gasteiger partial charge in [0.15, 0.2) is 5.58 Å². The third-order valence-electron chi connectivity index (χ3n) is 4.30. The third kappa shape index (κ3) is 3.02. The van der Waals surface area contributed by atoms with Gasteiger partial charge in [0.25, 0.3) is 6.01 Å². The molecule has 1 atom stereocenters. The molecule has 2 saturated heterocycles. The highest BCUT2D eigenvalue weighted by molar-refractivity contribution is 5.96. The van der Waals surface area contributed by atoms with Crippen LogP contribution in [-0.2, 0) is 9.53 Å². The number of anilines is 2. The number of hydrogen-bond acceptors (Lipinski definition) is 6. The second kappa shape index (κ2) is 6.17. The Morgan fingerprint density at radius 2 is 2.22 bits per heavy atom. The predicted octanol–water partition coefficient (Wildman–Crippen LogP) is 1.35. The molecule has 4 rings (SSSR count). The Labute approximate surface area is 134 Å². The number of amides is 1. The average Bonchev–Trinajstić information content (AvgIpc) is 3.25. The van der Waals surface area contributed by atoms with Gasteiger partial charge in [0, 0.05) is 24.8 Å². The van der Waals surface area contributed by atoms with Crippen molar-refractivity contribution in [3.63, 3.8) is 0 Å². The summed E-state index contributed by atoms with van der Waals surface area (Å²) < 4.78 is 11.2. The van der Waals surface area contributed by atoms with Crippen LogP contribution in [0.1, 0.15) is 12.8 Å². The van der Waals surface area contributed by atoms with Crippen LogP contribution < -0.4 is 15.5 Å². The first-order chi connectivity index (χ1) is 11.3. The van der Waals surface area contributed by atoms with Gasteiger partial charge in [-0.05, 0) is 31.5 Å². The molecule has 122 valence electrons. The van der Waals surface area contributed by atoms with E-state index in [1.807, 2.05) is 18.2 Å². The Morgan fingerprint density at radius 3 is 3.00 bits per heavy atom. The summed E-state index contributed by atoms with van der Waals surface area (Å²) in [4.78, 5) is 18.7. The number of hydrogen-bond donors (Lipinski definition) is 2. The van der Waals surface area contributed by atoms with Crippen LogP contribution in [0.15, 0.2) is 22.6 Å². The molecule has 23 heavy (non-hydrogen) atoms. The lowest BCUT2D eigenvalue weighted by Gasteiger charge is -2.24. The fourth-order valence-corrected chi connectivity index (χ4v) is 3.02. The lowest BCUT2D eigenvalue weighted by Crippen LogP contribution is -2.36. The largest absolute Gasteiger partial charge is 0.423 e. The summed E-state index contributed by atoms with van der Waals surface area (Å²) in [6, 6.07) is 6.09. The van der Waals surface area contributed by atoms with Crippen LogP contribution in [-0.4, -0.2) is 49.8 Å². The Morgan fingerprint density at radius 1 is 1.35 bits per heavy atom. The van der Waals surface area contributed by atoms with Gasteiger partial charge in [0.1, 0.15) is 5.52 Å². The highest BCUT2D eigenvalue weighted by Crippen LogP contribution is 2.25. The van der Waals surface area contributed by atoms with Gasteiger partial charge in [-0.3, -0.25) is 4.79 Å². The van der Waals surface area contributed by atoms with Gasteiger partial charge < -0.3 is 24.7 Å². The first-order valence-electron chi connectivity index (χ1n) is 8.07. The number of nitrogens with zero attached hydrogens (tertiary/aromatic N) is 2. The zero-order valence-corrected chi connectivity index (χ0v) is 12.9. The number of benzene rings is 1. The highest BCUT2D eigenvalue weighted by Gasteiger charge is 2.22. The van der Waals surface area contributed by atoms with Crippen LogP contribution >= 0.6 is 0 Å². The van der Waals surface area contributed by atoms with E-state index in [-0.39, 0.29) is 11.9 Å². The number of fused-ring (bicyclic) bond motifs is 1. The van der Waals surface area contributed by atoms with Crippen molar-refractivity contribution in [2.24, 2.45) is 0 Å². The molecular formula is C16H20N4O3. The van der Waals surface area contributed by atoms with E-state index in [2.05, 4.69) is 20.5 Å². The Bertz CT molecular complexity index is 702. The molecule has 7 heteroatoms. The molecule has 2 aromatic rings. The molecule has 0 saturated carbocycles. The van der Waals surface area contributed by atoms with Crippen molar-refractivity contribution >= 4 is 28.7 Å². The normalized spacial score (nSPS) is 21.7. The summed E-state index contributed by atoms with van der Waals surface area (Å²) in [5, 5.41) is 6.14. The molecule has 0 spiro atoms. The molecule has 2 fully saturated rings. The monoisotopic (exact) mass is 316 g/mol. The first-order valence-corrected chi connectivity index (χ1v) is 8.07. The lowest BCUT2D eigenvalue weighted by molar-refractivity contribution is -0.117. The maximum absolute atomic E-state index is 12.2. The number of nitrogens with one attached hydrogen (secondary N) is 2. The van der Waals surface area contributed by atoms with Gasteiger partial charge in [-0.1, -0.05) is 0 Å². The molecule has 3 heterocycles. The van der Waals surface area contributed by atoms with Gasteiger partial charge in [0.05, 0.1) is 19.3 Å². The van der Waals surface area contributed by atoms with E-state index in [1.165, 1.54) is 0 Å². The fraction of sp³-hybridized carbons (Fsp3) is 0.500. The van der Waals surface area contributed by atoms with Crippen LogP contribution in [0.3, 0.4) is 0 Å². The number of morpholine rings is 1. The smallest absolute Gasteiger partial charge is 0.298 e. The van der Waals surface area contributed by atoms with Crippen molar-refractivity contribution in [3.8, 4) is 0 Å². The Hall–Kier alpha value is -2.12. The summed E-state index contributed by atoms with van der Waals surface area (Å²) >= 11 is 0. The van der Waals surface area contributed by atoms with Gasteiger partial charge in [0.2, 0.25) is 5.91 Å². The van der Waals surface area contributed by atoms with Crippen molar-refractivity contribution in [2.75, 3.05) is 43.1 Å². The third-order valence-corrected chi connectivity index (χ3v) is 4.30. The van der Waals surface area contributed by atoms with Gasteiger partial charge in [-0.15, -0.1) is 0 Å². The van der Waals surface area contributed by atoms with Crippen molar-refractivity contribution in [1.82, 2.24) is 10.3 Å². The minimum atomic E-state index is -0.0932. The van der Waals surface area contributed by atoms with E-state index in [0.29, 0.717) is 24.8 Å². The first kappa shape index (κ1) is 14.5.